The minimum Gasteiger partial charge on any atom is -0.619 e. The van der Waals surface area contributed by atoms with Crippen molar-refractivity contribution in [2.45, 2.75) is 0 Å². The number of nitriles is 1. The number of anilines is 2. The summed E-state index contributed by atoms with van der Waals surface area (Å²) in [6, 6.07) is 15.0. The fraction of sp³-hybridized carbons (Fsp3) is 0.115. The minimum atomic E-state index is 0.403. The molecule has 0 radical (unpaired) electrons. The summed E-state index contributed by atoms with van der Waals surface area (Å²) in [6.07, 6.45) is 8.30. The number of aromatic nitrogens is 2. The van der Waals surface area contributed by atoms with Crippen molar-refractivity contribution in [3.8, 4) is 23.3 Å². The molecule has 4 rings (SSSR count). The van der Waals surface area contributed by atoms with Crippen LogP contribution in [-0.4, -0.2) is 26.3 Å². The van der Waals surface area contributed by atoms with Crippen LogP contribution in [0, 0.1) is 16.5 Å². The summed E-state index contributed by atoms with van der Waals surface area (Å²) in [5.74, 6) is 1.48. The number of hydrogen-bond donors (Lipinski definition) is 1. The molecule has 2 aromatic heterocycles. The summed E-state index contributed by atoms with van der Waals surface area (Å²) in [5.41, 5.74) is 4.26. The highest BCUT2D eigenvalue weighted by Gasteiger charge is 2.15. The molecule has 0 aliphatic carbocycles. The summed E-state index contributed by atoms with van der Waals surface area (Å²) in [4.78, 5) is 4.47. The van der Waals surface area contributed by atoms with Crippen molar-refractivity contribution in [1.29, 1.82) is 5.26 Å². The van der Waals surface area contributed by atoms with E-state index in [-0.39, 0.29) is 0 Å². The van der Waals surface area contributed by atoms with Gasteiger partial charge in [-0.3, -0.25) is 4.98 Å². The van der Waals surface area contributed by atoms with Crippen LogP contribution in [0.15, 0.2) is 61.1 Å². The standard InChI is InChI=1S/C26H22N4O4/c1-32-23-13-20(14-24(33-2)26(23)34-3)29-25-19(15-27)16-28-22-12-18(6-7-21(22)25)5-4-17-8-10-30(31)11-9-17/h4-14,16H,1-3H3,(H,28,29)/b5-4+. The third-order valence-electron chi connectivity index (χ3n) is 5.24. The summed E-state index contributed by atoms with van der Waals surface area (Å²) >= 11 is 0. The lowest BCUT2D eigenvalue weighted by atomic mass is 10.1. The lowest BCUT2D eigenvalue weighted by molar-refractivity contribution is -0.605. The third kappa shape index (κ3) is 4.54. The zero-order valence-electron chi connectivity index (χ0n) is 18.9. The molecule has 34 heavy (non-hydrogen) atoms. The first kappa shape index (κ1) is 22.4. The van der Waals surface area contributed by atoms with E-state index in [2.05, 4.69) is 16.4 Å². The number of nitrogens with zero attached hydrogens (tertiary/aromatic N) is 3. The van der Waals surface area contributed by atoms with Gasteiger partial charge in [-0.25, -0.2) is 0 Å². The summed E-state index contributed by atoms with van der Waals surface area (Å²) in [5, 5.41) is 25.0. The number of benzene rings is 2. The van der Waals surface area contributed by atoms with Gasteiger partial charge in [0, 0.05) is 41.5 Å². The highest BCUT2D eigenvalue weighted by atomic mass is 16.5. The van der Waals surface area contributed by atoms with Crippen LogP contribution in [0.25, 0.3) is 23.1 Å². The number of pyridine rings is 2. The summed E-state index contributed by atoms with van der Waals surface area (Å²) in [7, 11) is 4.64. The molecular formula is C26H22N4O4. The Hall–Kier alpha value is -4.77. The van der Waals surface area contributed by atoms with E-state index in [4.69, 9.17) is 14.2 Å². The molecule has 0 bridgehead atoms. The number of hydrogen-bond acceptors (Lipinski definition) is 7. The molecule has 0 fully saturated rings. The molecular weight excluding hydrogens is 432 g/mol. The van der Waals surface area contributed by atoms with Gasteiger partial charge >= 0.3 is 0 Å². The largest absolute Gasteiger partial charge is 0.619 e. The molecule has 8 heteroatoms. The molecule has 0 saturated carbocycles. The van der Waals surface area contributed by atoms with Crippen molar-refractivity contribution >= 4 is 34.4 Å². The van der Waals surface area contributed by atoms with Crippen LogP contribution in [0.4, 0.5) is 11.4 Å². The number of nitrogens with one attached hydrogen (secondary N) is 1. The van der Waals surface area contributed by atoms with Crippen molar-refractivity contribution in [2.75, 3.05) is 26.6 Å². The topological polar surface area (TPSA) is 103 Å². The van der Waals surface area contributed by atoms with Gasteiger partial charge < -0.3 is 24.7 Å². The van der Waals surface area contributed by atoms with Crippen LogP contribution in [0.1, 0.15) is 16.7 Å². The molecule has 1 N–H and O–H groups in total. The second-order valence-corrected chi connectivity index (χ2v) is 7.30. The molecule has 8 nitrogen and oxygen atoms in total. The van der Waals surface area contributed by atoms with E-state index in [0.29, 0.717) is 34.2 Å². The van der Waals surface area contributed by atoms with Gasteiger partial charge in [-0.15, -0.1) is 0 Å². The Morgan fingerprint density at radius 3 is 2.24 bits per heavy atom. The van der Waals surface area contributed by atoms with Crippen LogP contribution in [0.2, 0.25) is 0 Å². The van der Waals surface area contributed by atoms with Gasteiger partial charge in [-0.05, 0) is 17.2 Å². The first-order valence-electron chi connectivity index (χ1n) is 10.3. The van der Waals surface area contributed by atoms with Crippen LogP contribution >= 0.6 is 0 Å². The maximum Gasteiger partial charge on any atom is 0.203 e. The van der Waals surface area contributed by atoms with E-state index in [9.17, 15) is 10.5 Å². The molecule has 2 heterocycles. The highest BCUT2D eigenvalue weighted by Crippen LogP contribution is 2.41. The molecule has 0 saturated heterocycles. The van der Waals surface area contributed by atoms with Crippen molar-refractivity contribution in [1.82, 2.24) is 4.98 Å². The fourth-order valence-corrected chi connectivity index (χ4v) is 3.56. The highest BCUT2D eigenvalue weighted by molar-refractivity contribution is 5.97. The average Bonchev–Trinajstić information content (AvgIpc) is 2.87. The van der Waals surface area contributed by atoms with Gasteiger partial charge in [0.2, 0.25) is 5.75 Å². The summed E-state index contributed by atoms with van der Waals surface area (Å²) < 4.78 is 17.0. The van der Waals surface area contributed by atoms with E-state index in [0.717, 1.165) is 26.8 Å². The molecule has 0 spiro atoms. The average molecular weight is 454 g/mol. The van der Waals surface area contributed by atoms with Crippen molar-refractivity contribution in [3.05, 3.63) is 83.0 Å². The van der Waals surface area contributed by atoms with E-state index in [1.807, 2.05) is 30.4 Å². The Balaban J connectivity index is 1.73. The van der Waals surface area contributed by atoms with Crippen molar-refractivity contribution in [2.24, 2.45) is 0 Å². The lowest BCUT2D eigenvalue weighted by Gasteiger charge is -2.16. The minimum absolute atomic E-state index is 0.403. The number of rotatable bonds is 7. The first-order chi connectivity index (χ1) is 16.6. The molecule has 0 aliphatic heterocycles. The Kier molecular flexibility index (Phi) is 6.46. The Morgan fingerprint density at radius 2 is 1.62 bits per heavy atom. The van der Waals surface area contributed by atoms with Crippen LogP contribution < -0.4 is 24.3 Å². The van der Waals surface area contributed by atoms with Crippen LogP contribution in [-0.2, 0) is 0 Å². The second kappa shape index (κ2) is 9.79. The zero-order valence-corrected chi connectivity index (χ0v) is 18.9. The van der Waals surface area contributed by atoms with Gasteiger partial charge in [0.25, 0.3) is 0 Å². The fourth-order valence-electron chi connectivity index (χ4n) is 3.56. The van der Waals surface area contributed by atoms with Crippen molar-refractivity contribution in [3.63, 3.8) is 0 Å². The molecule has 170 valence electrons. The maximum atomic E-state index is 11.2. The zero-order chi connectivity index (χ0) is 24.1. The van der Waals surface area contributed by atoms with Crippen LogP contribution in [0.3, 0.4) is 0 Å². The molecule has 0 aliphatic rings. The van der Waals surface area contributed by atoms with Gasteiger partial charge in [0.05, 0.1) is 38.1 Å². The lowest BCUT2D eigenvalue weighted by Crippen LogP contribution is -2.23. The monoisotopic (exact) mass is 454 g/mol. The smallest absolute Gasteiger partial charge is 0.203 e. The Labute approximate surface area is 196 Å². The van der Waals surface area contributed by atoms with Gasteiger partial charge in [-0.2, -0.15) is 9.99 Å². The molecule has 2 aromatic carbocycles. The molecule has 4 aromatic rings. The van der Waals surface area contributed by atoms with Crippen molar-refractivity contribution < 1.29 is 18.9 Å². The maximum absolute atomic E-state index is 11.2. The van der Waals surface area contributed by atoms with E-state index in [1.165, 1.54) is 12.4 Å². The molecule has 0 unspecified atom stereocenters. The normalized spacial score (nSPS) is 10.8. The van der Waals surface area contributed by atoms with Gasteiger partial charge in [-0.1, -0.05) is 24.3 Å². The molecule has 0 atom stereocenters. The third-order valence-corrected chi connectivity index (χ3v) is 5.24. The van der Waals surface area contributed by atoms with Crippen LogP contribution in [0.5, 0.6) is 17.2 Å². The molecule has 0 amide bonds. The Bertz CT molecular complexity index is 1380. The number of ether oxygens (including phenoxy) is 3. The predicted octanol–water partition coefficient (Wildman–Crippen LogP) is 4.68. The SMILES string of the molecule is COc1cc(Nc2c(C#N)cnc3cc(/C=C/c4cc[n+]([O-])cc4)ccc23)cc(OC)c1OC. The number of fused-ring (bicyclic) bond motifs is 1. The van der Waals surface area contributed by atoms with Gasteiger partial charge in [0.1, 0.15) is 6.07 Å². The quantitative estimate of drug-likeness (QED) is 0.319. The summed E-state index contributed by atoms with van der Waals surface area (Å²) in [6.45, 7) is 0. The first-order valence-corrected chi connectivity index (χ1v) is 10.3. The van der Waals surface area contributed by atoms with E-state index >= 15 is 0 Å². The number of methoxy groups -OCH3 is 3. The van der Waals surface area contributed by atoms with E-state index in [1.54, 1.807) is 51.8 Å². The van der Waals surface area contributed by atoms with Gasteiger partial charge in [0.15, 0.2) is 23.9 Å². The van der Waals surface area contributed by atoms with E-state index < -0.39 is 0 Å². The predicted molar refractivity (Wildman–Crippen MR) is 130 cm³/mol. The Morgan fingerprint density at radius 1 is 0.941 bits per heavy atom. The second-order valence-electron chi connectivity index (χ2n) is 7.30.